The van der Waals surface area contributed by atoms with Crippen molar-refractivity contribution < 1.29 is 9.53 Å². The van der Waals surface area contributed by atoms with Gasteiger partial charge in [0.05, 0.1) is 19.4 Å². The van der Waals surface area contributed by atoms with E-state index in [-0.39, 0.29) is 5.97 Å². The zero-order valence-electron chi connectivity index (χ0n) is 7.28. The topological polar surface area (TPSA) is 44.1 Å². The molecule has 0 fully saturated rings. The smallest absolute Gasteiger partial charge is 0.311 e. The highest BCUT2D eigenvalue weighted by molar-refractivity contribution is 5.71. The lowest BCUT2D eigenvalue weighted by Crippen LogP contribution is -2.09. The Morgan fingerprint density at radius 1 is 1.75 bits per heavy atom. The lowest BCUT2D eigenvalue weighted by atomic mass is 10.3. The molecule has 4 nitrogen and oxygen atoms in total. The molecule has 0 amide bonds. The van der Waals surface area contributed by atoms with Gasteiger partial charge in [0.1, 0.15) is 0 Å². The van der Waals surface area contributed by atoms with Crippen LogP contribution in [0.1, 0.15) is 12.6 Å². The standard InChI is InChI=1S/C8H12N2O2/c1-3-12-8(11)4-7-5-9-6-10(7)2/h5-6H,3-4H2,1-2H3. The molecule has 0 aliphatic heterocycles. The van der Waals surface area contributed by atoms with Crippen molar-refractivity contribution in [2.24, 2.45) is 7.05 Å². The zero-order valence-corrected chi connectivity index (χ0v) is 7.28. The zero-order chi connectivity index (χ0) is 8.97. The number of carbonyl (C=O) groups is 1. The first-order valence-electron chi connectivity index (χ1n) is 3.85. The van der Waals surface area contributed by atoms with Crippen LogP contribution >= 0.6 is 0 Å². The van der Waals surface area contributed by atoms with Crippen molar-refractivity contribution >= 4 is 5.97 Å². The van der Waals surface area contributed by atoms with E-state index in [1.807, 2.05) is 7.05 Å². The second kappa shape index (κ2) is 3.90. The molecule has 12 heavy (non-hydrogen) atoms. The van der Waals surface area contributed by atoms with Gasteiger partial charge in [-0.25, -0.2) is 4.98 Å². The molecule has 0 spiro atoms. The fourth-order valence-corrected chi connectivity index (χ4v) is 0.915. The first-order chi connectivity index (χ1) is 5.74. The number of esters is 1. The Balaban J connectivity index is 2.52. The number of hydrogen-bond acceptors (Lipinski definition) is 3. The predicted molar refractivity (Wildman–Crippen MR) is 43.5 cm³/mol. The molecule has 0 unspecified atom stereocenters. The molecule has 0 N–H and O–H groups in total. The van der Waals surface area contributed by atoms with E-state index < -0.39 is 0 Å². The van der Waals surface area contributed by atoms with Crippen molar-refractivity contribution in [3.63, 3.8) is 0 Å². The molecule has 1 rings (SSSR count). The third kappa shape index (κ3) is 2.08. The van der Waals surface area contributed by atoms with Crippen LogP contribution in [0.15, 0.2) is 12.5 Å². The van der Waals surface area contributed by atoms with Crippen LogP contribution in [0.4, 0.5) is 0 Å². The summed E-state index contributed by atoms with van der Waals surface area (Å²) in [5, 5.41) is 0. The number of hydrogen-bond donors (Lipinski definition) is 0. The molecule has 0 radical (unpaired) electrons. The van der Waals surface area contributed by atoms with E-state index in [1.54, 1.807) is 24.0 Å². The van der Waals surface area contributed by atoms with Crippen LogP contribution in [0.3, 0.4) is 0 Å². The molecule has 0 bridgehead atoms. The lowest BCUT2D eigenvalue weighted by molar-refractivity contribution is -0.142. The molecular formula is C8H12N2O2. The number of aryl methyl sites for hydroxylation is 1. The summed E-state index contributed by atoms with van der Waals surface area (Å²) in [6.45, 7) is 2.22. The minimum atomic E-state index is -0.207. The van der Waals surface area contributed by atoms with Gasteiger partial charge in [0.25, 0.3) is 0 Å². The van der Waals surface area contributed by atoms with Gasteiger partial charge in [-0.1, -0.05) is 0 Å². The maximum atomic E-state index is 11.0. The minimum Gasteiger partial charge on any atom is -0.466 e. The van der Waals surface area contributed by atoms with Gasteiger partial charge in [-0.2, -0.15) is 0 Å². The van der Waals surface area contributed by atoms with E-state index >= 15 is 0 Å². The average molecular weight is 168 g/mol. The molecule has 1 heterocycles. The van der Waals surface area contributed by atoms with Crippen molar-refractivity contribution in [1.29, 1.82) is 0 Å². The molecule has 0 aliphatic carbocycles. The third-order valence-corrected chi connectivity index (χ3v) is 1.55. The van der Waals surface area contributed by atoms with E-state index in [0.29, 0.717) is 13.0 Å². The minimum absolute atomic E-state index is 0.207. The van der Waals surface area contributed by atoms with Crippen LogP contribution in [0, 0.1) is 0 Å². The summed E-state index contributed by atoms with van der Waals surface area (Å²) in [4.78, 5) is 14.9. The number of imidazole rings is 1. The summed E-state index contributed by atoms with van der Waals surface area (Å²) in [6.07, 6.45) is 3.62. The Morgan fingerprint density at radius 2 is 2.50 bits per heavy atom. The number of carbonyl (C=O) groups excluding carboxylic acids is 1. The van der Waals surface area contributed by atoms with E-state index in [9.17, 15) is 4.79 Å². The van der Waals surface area contributed by atoms with E-state index in [1.165, 1.54) is 0 Å². The van der Waals surface area contributed by atoms with Crippen LogP contribution in [-0.2, 0) is 23.0 Å². The van der Waals surface area contributed by atoms with Gasteiger partial charge in [-0.05, 0) is 6.92 Å². The molecule has 1 aromatic heterocycles. The van der Waals surface area contributed by atoms with Crippen molar-refractivity contribution in [3.05, 3.63) is 18.2 Å². The molecule has 0 aromatic carbocycles. The summed E-state index contributed by atoms with van der Waals surface area (Å²) in [5.74, 6) is -0.207. The molecule has 0 saturated heterocycles. The summed E-state index contributed by atoms with van der Waals surface area (Å²) >= 11 is 0. The van der Waals surface area contributed by atoms with Crippen LogP contribution < -0.4 is 0 Å². The molecule has 0 atom stereocenters. The SMILES string of the molecule is CCOC(=O)Cc1cncn1C. The number of aromatic nitrogens is 2. The Labute approximate surface area is 71.2 Å². The highest BCUT2D eigenvalue weighted by Crippen LogP contribution is 1.98. The Hall–Kier alpha value is -1.32. The summed E-state index contributed by atoms with van der Waals surface area (Å²) in [5.41, 5.74) is 0.869. The Bertz CT molecular complexity index is 268. The molecule has 4 heteroatoms. The lowest BCUT2D eigenvalue weighted by Gasteiger charge is -2.01. The van der Waals surface area contributed by atoms with E-state index in [0.717, 1.165) is 5.69 Å². The quantitative estimate of drug-likeness (QED) is 0.618. The molecule has 0 saturated carbocycles. The number of ether oxygens (including phenoxy) is 1. The van der Waals surface area contributed by atoms with Gasteiger partial charge in [-0.15, -0.1) is 0 Å². The summed E-state index contributed by atoms with van der Waals surface area (Å²) < 4.78 is 6.59. The van der Waals surface area contributed by atoms with Crippen LogP contribution in [-0.4, -0.2) is 22.1 Å². The normalized spacial score (nSPS) is 9.83. The largest absolute Gasteiger partial charge is 0.466 e. The second-order valence-corrected chi connectivity index (χ2v) is 2.48. The van der Waals surface area contributed by atoms with Gasteiger partial charge in [0, 0.05) is 18.9 Å². The summed E-state index contributed by atoms with van der Waals surface area (Å²) in [6, 6.07) is 0. The van der Waals surface area contributed by atoms with Gasteiger partial charge < -0.3 is 9.30 Å². The highest BCUT2D eigenvalue weighted by atomic mass is 16.5. The first-order valence-corrected chi connectivity index (χ1v) is 3.85. The molecule has 66 valence electrons. The van der Waals surface area contributed by atoms with E-state index in [2.05, 4.69) is 4.98 Å². The van der Waals surface area contributed by atoms with Gasteiger partial charge in [0.2, 0.25) is 0 Å². The van der Waals surface area contributed by atoms with Crippen molar-refractivity contribution in [1.82, 2.24) is 9.55 Å². The van der Waals surface area contributed by atoms with E-state index in [4.69, 9.17) is 4.74 Å². The highest BCUT2D eigenvalue weighted by Gasteiger charge is 2.05. The fourth-order valence-electron chi connectivity index (χ4n) is 0.915. The summed E-state index contributed by atoms with van der Waals surface area (Å²) in [7, 11) is 1.85. The molecule has 1 aromatic rings. The maximum Gasteiger partial charge on any atom is 0.311 e. The number of rotatable bonds is 3. The van der Waals surface area contributed by atoms with Crippen LogP contribution in [0.5, 0.6) is 0 Å². The van der Waals surface area contributed by atoms with Crippen LogP contribution in [0.25, 0.3) is 0 Å². The Kier molecular flexibility index (Phi) is 2.85. The molecular weight excluding hydrogens is 156 g/mol. The predicted octanol–water partition coefficient (Wildman–Crippen LogP) is 0.526. The van der Waals surface area contributed by atoms with Gasteiger partial charge in [-0.3, -0.25) is 4.79 Å². The van der Waals surface area contributed by atoms with Crippen molar-refractivity contribution in [3.8, 4) is 0 Å². The van der Waals surface area contributed by atoms with Gasteiger partial charge in [0.15, 0.2) is 0 Å². The third-order valence-electron chi connectivity index (χ3n) is 1.55. The van der Waals surface area contributed by atoms with Crippen molar-refractivity contribution in [2.75, 3.05) is 6.61 Å². The van der Waals surface area contributed by atoms with Crippen LogP contribution in [0.2, 0.25) is 0 Å². The van der Waals surface area contributed by atoms with Gasteiger partial charge >= 0.3 is 5.97 Å². The average Bonchev–Trinajstić information content (AvgIpc) is 2.37. The number of nitrogens with zero attached hydrogens (tertiary/aromatic N) is 2. The Morgan fingerprint density at radius 3 is 3.00 bits per heavy atom. The molecule has 0 aliphatic rings. The maximum absolute atomic E-state index is 11.0. The van der Waals surface area contributed by atoms with Crippen molar-refractivity contribution in [2.45, 2.75) is 13.3 Å². The first kappa shape index (κ1) is 8.77. The second-order valence-electron chi connectivity index (χ2n) is 2.48. The fraction of sp³-hybridized carbons (Fsp3) is 0.500. The monoisotopic (exact) mass is 168 g/mol.